The van der Waals surface area contributed by atoms with Crippen LogP contribution in [0.1, 0.15) is 0 Å². The zero-order valence-electron chi connectivity index (χ0n) is 4.73. The van der Waals surface area contributed by atoms with Crippen LogP contribution in [0.5, 0.6) is 0 Å². The van der Waals surface area contributed by atoms with Gasteiger partial charge in [0.2, 0.25) is 0 Å². The third-order valence-corrected chi connectivity index (χ3v) is 1.76. The molecule has 0 amide bonds. The number of hydrogen-bond acceptors (Lipinski definition) is 4. The van der Waals surface area contributed by atoms with Gasteiger partial charge < -0.3 is 4.52 Å². The number of hydrogen-bond donors (Lipinski definition) is 0. The lowest BCUT2D eigenvalue weighted by atomic mass is 10.8. The largest absolute Gasteiger partial charge is 0.363 e. The van der Waals surface area contributed by atoms with Crippen molar-refractivity contribution in [3.8, 4) is 0 Å². The molecule has 0 radical (unpaired) electrons. The first-order valence-corrected chi connectivity index (χ1v) is 4.10. The highest BCUT2D eigenvalue weighted by Crippen LogP contribution is 2.01. The first-order valence-electron chi connectivity index (χ1n) is 2.21. The number of aromatic nitrogens is 1. The van der Waals surface area contributed by atoms with Gasteiger partial charge in [-0.3, -0.25) is 0 Å². The predicted molar refractivity (Wildman–Crippen MR) is 29.6 cm³/mol. The van der Waals surface area contributed by atoms with E-state index in [1.807, 2.05) is 0 Å². The smallest absolute Gasteiger partial charge is 0.197 e. The van der Waals surface area contributed by atoms with Crippen LogP contribution in [0.3, 0.4) is 0 Å². The van der Waals surface area contributed by atoms with Crippen molar-refractivity contribution >= 4 is 9.84 Å². The third-order valence-electron chi connectivity index (χ3n) is 0.794. The summed E-state index contributed by atoms with van der Waals surface area (Å²) in [5, 5.41) is 3.20. The minimum Gasteiger partial charge on any atom is -0.363 e. The molecule has 0 N–H and O–H groups in total. The SMILES string of the molecule is CS(=O)(=O)c1ccon1. The summed E-state index contributed by atoms with van der Waals surface area (Å²) in [4.78, 5) is 0. The van der Waals surface area contributed by atoms with Gasteiger partial charge in [0, 0.05) is 12.3 Å². The average Bonchev–Trinajstić information content (AvgIpc) is 2.08. The van der Waals surface area contributed by atoms with Crippen LogP contribution in [0.2, 0.25) is 0 Å². The molecule has 0 aliphatic heterocycles. The molecular weight excluding hydrogens is 142 g/mol. The Hall–Kier alpha value is -0.840. The Morgan fingerprint density at radius 1 is 1.67 bits per heavy atom. The fraction of sp³-hybridized carbons (Fsp3) is 0.250. The van der Waals surface area contributed by atoms with Gasteiger partial charge in [0.05, 0.1) is 0 Å². The van der Waals surface area contributed by atoms with Crippen molar-refractivity contribution in [1.82, 2.24) is 5.16 Å². The van der Waals surface area contributed by atoms with Crippen molar-refractivity contribution in [3.05, 3.63) is 12.3 Å². The molecule has 0 saturated heterocycles. The Balaban J connectivity index is 3.20. The van der Waals surface area contributed by atoms with Crippen LogP contribution >= 0.6 is 0 Å². The van der Waals surface area contributed by atoms with Crippen LogP contribution in [0.15, 0.2) is 21.9 Å². The molecule has 0 aliphatic carbocycles. The number of sulfone groups is 1. The Bertz CT molecular complexity index is 273. The Kier molecular flexibility index (Phi) is 1.28. The van der Waals surface area contributed by atoms with Crippen molar-refractivity contribution in [3.63, 3.8) is 0 Å². The Morgan fingerprint density at radius 3 is 2.56 bits per heavy atom. The summed E-state index contributed by atoms with van der Waals surface area (Å²) in [6, 6.07) is 1.30. The highest BCUT2D eigenvalue weighted by Gasteiger charge is 2.08. The first-order chi connectivity index (χ1) is 4.11. The van der Waals surface area contributed by atoms with Crippen LogP contribution in [0.4, 0.5) is 0 Å². The fourth-order valence-corrected chi connectivity index (χ4v) is 0.874. The van der Waals surface area contributed by atoms with E-state index in [0.717, 1.165) is 6.26 Å². The van der Waals surface area contributed by atoms with Gasteiger partial charge in [0.1, 0.15) is 6.26 Å². The molecule has 0 atom stereocenters. The van der Waals surface area contributed by atoms with E-state index in [4.69, 9.17) is 0 Å². The maximum absolute atomic E-state index is 10.6. The summed E-state index contributed by atoms with van der Waals surface area (Å²) in [7, 11) is -3.16. The maximum atomic E-state index is 10.6. The highest BCUT2D eigenvalue weighted by atomic mass is 32.2. The molecule has 50 valence electrons. The van der Waals surface area contributed by atoms with Gasteiger partial charge >= 0.3 is 0 Å². The first kappa shape index (κ1) is 6.28. The highest BCUT2D eigenvalue weighted by molar-refractivity contribution is 7.90. The lowest BCUT2D eigenvalue weighted by Gasteiger charge is -1.83. The molecular formula is C4H5NO3S. The van der Waals surface area contributed by atoms with Gasteiger partial charge in [-0.25, -0.2) is 8.42 Å². The molecule has 0 aliphatic rings. The standard InChI is InChI=1S/C4H5NO3S/c1-9(6,7)4-2-3-8-5-4/h2-3H,1H3. The van der Waals surface area contributed by atoms with E-state index >= 15 is 0 Å². The van der Waals surface area contributed by atoms with Crippen LogP contribution in [0, 0.1) is 0 Å². The Labute approximate surface area is 52.4 Å². The van der Waals surface area contributed by atoms with Crippen molar-refractivity contribution in [2.75, 3.05) is 6.26 Å². The molecule has 0 aromatic carbocycles. The van der Waals surface area contributed by atoms with Gasteiger partial charge in [-0.2, -0.15) is 0 Å². The summed E-state index contributed by atoms with van der Waals surface area (Å²) in [5.41, 5.74) is 0. The van der Waals surface area contributed by atoms with Gasteiger partial charge in [-0.15, -0.1) is 0 Å². The van der Waals surface area contributed by atoms with Crippen LogP contribution in [-0.2, 0) is 9.84 Å². The summed E-state index contributed by atoms with van der Waals surface area (Å²) < 4.78 is 25.5. The number of nitrogens with zero attached hydrogens (tertiary/aromatic N) is 1. The molecule has 1 heterocycles. The van der Waals surface area contributed by atoms with E-state index in [2.05, 4.69) is 9.68 Å². The number of rotatable bonds is 1. The van der Waals surface area contributed by atoms with E-state index in [9.17, 15) is 8.42 Å². The molecule has 1 aromatic heterocycles. The summed E-state index contributed by atoms with van der Waals surface area (Å²) in [6.07, 6.45) is 2.29. The minimum absolute atomic E-state index is 0.0255. The van der Waals surface area contributed by atoms with Crippen molar-refractivity contribution in [2.45, 2.75) is 5.03 Å². The maximum Gasteiger partial charge on any atom is 0.197 e. The van der Waals surface area contributed by atoms with Crippen LogP contribution < -0.4 is 0 Å². The quantitative estimate of drug-likeness (QED) is 0.564. The van der Waals surface area contributed by atoms with E-state index in [1.54, 1.807) is 0 Å². The molecule has 0 spiro atoms. The van der Waals surface area contributed by atoms with Crippen molar-refractivity contribution in [1.29, 1.82) is 0 Å². The zero-order valence-corrected chi connectivity index (χ0v) is 5.55. The molecule has 4 nitrogen and oxygen atoms in total. The summed E-state index contributed by atoms with van der Waals surface area (Å²) in [6.45, 7) is 0. The third kappa shape index (κ3) is 1.29. The second-order valence-corrected chi connectivity index (χ2v) is 3.57. The second-order valence-electron chi connectivity index (χ2n) is 1.61. The van der Waals surface area contributed by atoms with E-state index < -0.39 is 9.84 Å². The molecule has 5 heteroatoms. The van der Waals surface area contributed by atoms with Crippen LogP contribution in [0.25, 0.3) is 0 Å². The zero-order chi connectivity index (χ0) is 6.91. The normalized spacial score (nSPS) is 11.7. The van der Waals surface area contributed by atoms with Gasteiger partial charge in [-0.1, -0.05) is 5.16 Å². The molecule has 1 rings (SSSR count). The van der Waals surface area contributed by atoms with Gasteiger partial charge in [0.15, 0.2) is 14.9 Å². The Morgan fingerprint density at radius 2 is 2.33 bits per heavy atom. The molecule has 1 aromatic rings. The minimum atomic E-state index is -3.16. The predicted octanol–water partition coefficient (Wildman–Crippen LogP) is 0.0781. The summed E-state index contributed by atoms with van der Waals surface area (Å²) in [5.74, 6) is 0. The topological polar surface area (TPSA) is 60.2 Å². The molecule has 0 bridgehead atoms. The van der Waals surface area contributed by atoms with E-state index in [1.165, 1.54) is 12.3 Å². The lowest BCUT2D eigenvalue weighted by molar-refractivity contribution is 0.401. The van der Waals surface area contributed by atoms with Gasteiger partial charge in [-0.05, 0) is 0 Å². The monoisotopic (exact) mass is 147 g/mol. The van der Waals surface area contributed by atoms with Gasteiger partial charge in [0.25, 0.3) is 0 Å². The lowest BCUT2D eigenvalue weighted by Crippen LogP contribution is -1.95. The van der Waals surface area contributed by atoms with E-state index in [-0.39, 0.29) is 5.03 Å². The van der Waals surface area contributed by atoms with Crippen molar-refractivity contribution < 1.29 is 12.9 Å². The molecule has 0 fully saturated rings. The molecule has 0 unspecified atom stereocenters. The molecule has 0 saturated carbocycles. The fourth-order valence-electron chi connectivity index (χ4n) is 0.393. The molecule has 9 heavy (non-hydrogen) atoms. The average molecular weight is 147 g/mol. The van der Waals surface area contributed by atoms with Crippen LogP contribution in [-0.4, -0.2) is 19.8 Å². The summed E-state index contributed by atoms with van der Waals surface area (Å²) >= 11 is 0. The van der Waals surface area contributed by atoms with Crippen molar-refractivity contribution in [2.24, 2.45) is 0 Å². The second kappa shape index (κ2) is 1.84. The van der Waals surface area contributed by atoms with E-state index in [0.29, 0.717) is 0 Å².